The number of hydrogen-bond donors (Lipinski definition) is 0. The van der Waals surface area contributed by atoms with Crippen molar-refractivity contribution in [1.82, 2.24) is 0 Å². The van der Waals surface area contributed by atoms with Gasteiger partial charge in [0.1, 0.15) is 0 Å². The van der Waals surface area contributed by atoms with Crippen molar-refractivity contribution in [2.75, 3.05) is 0 Å². The molecule has 0 saturated carbocycles. The number of hydrogen-bond acceptors (Lipinski definition) is 3. The van der Waals surface area contributed by atoms with E-state index in [-0.39, 0.29) is 35.6 Å². The van der Waals surface area contributed by atoms with Gasteiger partial charge in [-0.2, -0.15) is 0 Å². The topological polar surface area (TPSA) is 31.6 Å². The van der Waals surface area contributed by atoms with E-state index in [9.17, 15) is 0 Å². The quantitative estimate of drug-likeness (QED) is 0.289. The van der Waals surface area contributed by atoms with Gasteiger partial charge in [0, 0.05) is 0 Å². The molecule has 3 nitrogen and oxygen atoms in total. The normalized spacial score (nSPS) is 11.2. The predicted octanol–water partition coefficient (Wildman–Crippen LogP) is 8.78. The summed E-state index contributed by atoms with van der Waals surface area (Å²) in [4.78, 5) is 0. The first-order valence-corrected chi connectivity index (χ1v) is 13.1. The Morgan fingerprint density at radius 3 is 1.58 bits per heavy atom. The fourth-order valence-electron chi connectivity index (χ4n) is 3.14. The van der Waals surface area contributed by atoms with Crippen molar-refractivity contribution < 1.29 is 29.2 Å². The Morgan fingerprint density at radius 2 is 1.21 bits per heavy atom. The minimum Gasteiger partial charge on any atom is -0.147 e. The van der Waals surface area contributed by atoms with E-state index in [1.54, 1.807) is 6.26 Å². The van der Waals surface area contributed by atoms with Crippen LogP contribution in [0.5, 0.6) is 11.5 Å². The maximum absolute atomic E-state index is 6.54. The summed E-state index contributed by atoms with van der Waals surface area (Å²) in [6.45, 7) is 12.8. The molecular weight excluding hydrogens is 538 g/mol. The molecule has 0 saturated heterocycles. The average Bonchev–Trinajstić information content (AvgIpc) is 3.16. The second-order valence-corrected chi connectivity index (χ2v) is 12.4. The SMILES string of the molecule is CC(C)(C)c1cc(Cl)ccc1[O][Ti](=[CH]c1ccco1)[O]c1ccc(Cl)cc1C(C)(C)C.Cl.Cl. The van der Waals surface area contributed by atoms with Crippen LogP contribution in [0.1, 0.15) is 58.4 Å². The first kappa shape index (κ1) is 30.1. The molecule has 1 heterocycles. The van der Waals surface area contributed by atoms with Gasteiger partial charge in [-0.15, -0.1) is 24.8 Å². The van der Waals surface area contributed by atoms with Crippen LogP contribution in [-0.2, 0) is 29.0 Å². The largest absolute Gasteiger partial charge is 0.147 e. The third-order valence-corrected chi connectivity index (χ3v) is 7.32. The van der Waals surface area contributed by atoms with Gasteiger partial charge in [0.2, 0.25) is 0 Å². The Balaban J connectivity index is 0.00000272. The fraction of sp³-hybridized carbons (Fsp3) is 0.320. The second-order valence-electron chi connectivity index (χ2n) is 9.46. The van der Waals surface area contributed by atoms with E-state index in [0.717, 1.165) is 28.4 Å². The molecule has 0 bridgehead atoms. The molecule has 1 aromatic heterocycles. The Kier molecular flexibility index (Phi) is 11.1. The molecule has 8 heteroatoms. The minimum absolute atomic E-state index is 0. The monoisotopic (exact) mass is 566 g/mol. The Hall–Kier alpha value is -0.936. The van der Waals surface area contributed by atoms with Gasteiger partial charge in [-0.1, -0.05) is 0 Å². The summed E-state index contributed by atoms with van der Waals surface area (Å²) in [6, 6.07) is 15.2. The molecule has 0 fully saturated rings. The maximum atomic E-state index is 6.54. The molecular formula is C25H30Cl4O3Ti. The molecule has 0 aliphatic rings. The van der Waals surface area contributed by atoms with Crippen LogP contribution in [0.25, 0.3) is 0 Å². The predicted molar refractivity (Wildman–Crippen MR) is 140 cm³/mol. The molecule has 3 rings (SSSR count). The number of benzene rings is 2. The molecule has 3 aromatic rings. The molecule has 0 N–H and O–H groups in total. The molecule has 0 atom stereocenters. The first-order valence-electron chi connectivity index (χ1n) is 10.1. The van der Waals surface area contributed by atoms with Gasteiger partial charge in [0.05, 0.1) is 0 Å². The van der Waals surface area contributed by atoms with Crippen LogP contribution in [0.3, 0.4) is 0 Å². The first-order chi connectivity index (χ1) is 14.4. The third kappa shape index (κ3) is 8.35. The molecule has 0 aliphatic carbocycles. The van der Waals surface area contributed by atoms with Gasteiger partial charge in [0.15, 0.2) is 0 Å². The third-order valence-electron chi connectivity index (χ3n) is 4.72. The van der Waals surface area contributed by atoms with Crippen LogP contribution in [0, 0.1) is 0 Å². The molecule has 2 aromatic carbocycles. The summed E-state index contributed by atoms with van der Waals surface area (Å²) < 4.78 is 20.6. The van der Waals surface area contributed by atoms with Crippen molar-refractivity contribution in [1.29, 1.82) is 0 Å². The molecule has 0 amide bonds. The van der Waals surface area contributed by atoms with Crippen LogP contribution in [0.15, 0.2) is 59.2 Å². The van der Waals surface area contributed by atoms with Crippen molar-refractivity contribution in [3.05, 3.63) is 81.7 Å². The van der Waals surface area contributed by atoms with Crippen molar-refractivity contribution in [3.63, 3.8) is 0 Å². The minimum atomic E-state index is -2.75. The Bertz CT molecular complexity index is 1010. The summed E-state index contributed by atoms with van der Waals surface area (Å²) in [6.07, 6.45) is 1.65. The van der Waals surface area contributed by atoms with Gasteiger partial charge in [0.25, 0.3) is 0 Å². The van der Waals surface area contributed by atoms with Crippen LogP contribution in [0.2, 0.25) is 10.0 Å². The fourth-order valence-corrected chi connectivity index (χ4v) is 5.59. The molecule has 33 heavy (non-hydrogen) atoms. The van der Waals surface area contributed by atoms with Gasteiger partial charge >= 0.3 is 202 Å². The zero-order chi connectivity index (χ0) is 22.8. The molecule has 0 unspecified atom stereocenters. The van der Waals surface area contributed by atoms with Crippen molar-refractivity contribution in [2.45, 2.75) is 52.4 Å². The van der Waals surface area contributed by atoms with Gasteiger partial charge in [-0.3, -0.25) is 0 Å². The Labute approximate surface area is 225 Å². The van der Waals surface area contributed by atoms with E-state index in [1.165, 1.54) is 0 Å². The van der Waals surface area contributed by atoms with Crippen LogP contribution < -0.4 is 6.64 Å². The van der Waals surface area contributed by atoms with E-state index >= 15 is 0 Å². The van der Waals surface area contributed by atoms with E-state index in [1.807, 2.05) is 52.8 Å². The summed E-state index contributed by atoms with van der Waals surface area (Å²) in [5.41, 5.74) is 1.80. The zero-order valence-electron chi connectivity index (χ0n) is 19.6. The number of halogens is 4. The van der Waals surface area contributed by atoms with Crippen molar-refractivity contribution in [3.8, 4) is 11.5 Å². The van der Waals surface area contributed by atoms with Crippen molar-refractivity contribution >= 4 is 52.3 Å². The summed E-state index contributed by atoms with van der Waals surface area (Å²) in [7, 11) is 0. The van der Waals surface area contributed by atoms with Gasteiger partial charge in [-0.25, -0.2) is 0 Å². The van der Waals surface area contributed by atoms with E-state index in [4.69, 9.17) is 34.3 Å². The standard InChI is InChI=1S/2C10H13ClO.C5H4O.2ClH.Ti/c2*1-10(2,3)8-6-7(11)4-5-9(8)12;1-5-3-2-4-6-5;;;/h2*4-6,12H,1-3H3;1-4H;2*1H;/q;;;;;+2/p-2. The number of furan rings is 1. The zero-order valence-corrected chi connectivity index (χ0v) is 24.3. The maximum Gasteiger partial charge on any atom is -0.147 e. The molecule has 180 valence electrons. The summed E-state index contributed by atoms with van der Waals surface area (Å²) >= 11 is 9.81. The molecule has 0 aliphatic heterocycles. The Morgan fingerprint density at radius 1 is 0.758 bits per heavy atom. The average molecular weight is 568 g/mol. The molecule has 0 spiro atoms. The van der Waals surface area contributed by atoms with E-state index in [0.29, 0.717) is 10.0 Å². The van der Waals surface area contributed by atoms with Crippen LogP contribution in [0.4, 0.5) is 0 Å². The molecule has 0 radical (unpaired) electrons. The van der Waals surface area contributed by atoms with Crippen molar-refractivity contribution in [2.24, 2.45) is 0 Å². The smallest absolute Gasteiger partial charge is 0.147 e. The summed E-state index contributed by atoms with van der Waals surface area (Å²) in [5, 5.41) is 1.37. The van der Waals surface area contributed by atoms with E-state index < -0.39 is 18.2 Å². The van der Waals surface area contributed by atoms with Gasteiger partial charge < -0.3 is 0 Å². The second kappa shape index (κ2) is 12.2. The van der Waals surface area contributed by atoms with Crippen LogP contribution in [-0.4, -0.2) is 4.31 Å². The van der Waals surface area contributed by atoms with Crippen LogP contribution >= 0.6 is 48.0 Å². The van der Waals surface area contributed by atoms with Gasteiger partial charge in [-0.05, 0) is 0 Å². The number of rotatable bonds is 5. The van der Waals surface area contributed by atoms with E-state index in [2.05, 4.69) is 41.5 Å². The summed E-state index contributed by atoms with van der Waals surface area (Å²) in [5.74, 6) is 2.29.